The second-order valence-electron chi connectivity index (χ2n) is 3.58. The van der Waals surface area contributed by atoms with Crippen LogP contribution in [0.15, 0.2) is 32.3 Å². The molecule has 1 aromatic heterocycles. The third kappa shape index (κ3) is 3.38. The van der Waals surface area contributed by atoms with Gasteiger partial charge in [-0.2, -0.15) is 0 Å². The first-order valence-corrected chi connectivity index (χ1v) is 5.98. The summed E-state index contributed by atoms with van der Waals surface area (Å²) in [5.41, 5.74) is 0.492. The minimum Gasteiger partial charge on any atom is -0.507 e. The van der Waals surface area contributed by atoms with E-state index in [4.69, 9.17) is 0 Å². The van der Waals surface area contributed by atoms with E-state index < -0.39 is 0 Å². The SMILES string of the molecule is CC(=O)Nc1nonc1N=Cc1cc(Br)ccc1O. The number of halogens is 1. The van der Waals surface area contributed by atoms with Crippen molar-refractivity contribution in [2.24, 2.45) is 4.99 Å². The van der Waals surface area contributed by atoms with Gasteiger partial charge in [0.15, 0.2) is 0 Å². The molecule has 0 aliphatic heterocycles. The number of benzene rings is 1. The van der Waals surface area contributed by atoms with E-state index in [1.807, 2.05) is 0 Å². The molecule has 0 aliphatic rings. The number of aromatic nitrogens is 2. The highest BCUT2D eigenvalue weighted by atomic mass is 79.9. The lowest BCUT2D eigenvalue weighted by Crippen LogP contribution is -2.05. The van der Waals surface area contributed by atoms with Crippen molar-refractivity contribution < 1.29 is 14.5 Å². The minimum atomic E-state index is -0.308. The molecule has 0 atom stereocenters. The number of nitrogens with one attached hydrogen (secondary N) is 1. The summed E-state index contributed by atoms with van der Waals surface area (Å²) in [5.74, 6) is 0.00902. The predicted molar refractivity (Wildman–Crippen MR) is 71.7 cm³/mol. The largest absolute Gasteiger partial charge is 0.507 e. The zero-order valence-corrected chi connectivity index (χ0v) is 11.4. The van der Waals surface area contributed by atoms with Gasteiger partial charge in [0.1, 0.15) is 5.75 Å². The van der Waals surface area contributed by atoms with E-state index in [2.05, 4.69) is 41.2 Å². The monoisotopic (exact) mass is 324 g/mol. The third-order valence-electron chi connectivity index (χ3n) is 2.08. The first-order valence-electron chi connectivity index (χ1n) is 5.19. The molecule has 2 N–H and O–H groups in total. The number of rotatable bonds is 3. The van der Waals surface area contributed by atoms with Gasteiger partial charge in [0.2, 0.25) is 17.5 Å². The molecule has 1 heterocycles. The average molecular weight is 325 g/mol. The Balaban J connectivity index is 2.25. The van der Waals surface area contributed by atoms with Crippen LogP contribution in [0.5, 0.6) is 5.75 Å². The Labute approximate surface area is 116 Å². The first kappa shape index (κ1) is 13.2. The fourth-order valence-corrected chi connectivity index (χ4v) is 1.65. The third-order valence-corrected chi connectivity index (χ3v) is 2.57. The highest BCUT2D eigenvalue weighted by Gasteiger charge is 2.09. The molecule has 0 radical (unpaired) electrons. The van der Waals surface area contributed by atoms with Crippen LogP contribution < -0.4 is 5.32 Å². The maximum absolute atomic E-state index is 10.9. The van der Waals surface area contributed by atoms with Crippen molar-refractivity contribution in [2.75, 3.05) is 5.32 Å². The van der Waals surface area contributed by atoms with Crippen LogP contribution in [0.4, 0.5) is 11.6 Å². The van der Waals surface area contributed by atoms with Gasteiger partial charge in [-0.3, -0.25) is 4.79 Å². The maximum atomic E-state index is 10.9. The van der Waals surface area contributed by atoms with Gasteiger partial charge in [-0.25, -0.2) is 9.62 Å². The second kappa shape index (κ2) is 5.61. The van der Waals surface area contributed by atoms with Crippen LogP contribution >= 0.6 is 15.9 Å². The fourth-order valence-electron chi connectivity index (χ4n) is 1.27. The van der Waals surface area contributed by atoms with Crippen molar-refractivity contribution in [1.29, 1.82) is 0 Å². The molecule has 8 heteroatoms. The van der Waals surface area contributed by atoms with E-state index in [-0.39, 0.29) is 23.3 Å². The van der Waals surface area contributed by atoms with Gasteiger partial charge < -0.3 is 10.4 Å². The highest BCUT2D eigenvalue weighted by molar-refractivity contribution is 9.10. The highest BCUT2D eigenvalue weighted by Crippen LogP contribution is 2.23. The number of phenols is 1. The van der Waals surface area contributed by atoms with Crippen molar-refractivity contribution in [3.63, 3.8) is 0 Å². The topological polar surface area (TPSA) is 101 Å². The Morgan fingerprint density at radius 2 is 2.32 bits per heavy atom. The quantitative estimate of drug-likeness (QED) is 0.843. The van der Waals surface area contributed by atoms with Gasteiger partial charge >= 0.3 is 0 Å². The molecule has 0 spiro atoms. The normalized spacial score (nSPS) is 10.8. The van der Waals surface area contributed by atoms with Crippen molar-refractivity contribution >= 4 is 39.7 Å². The van der Waals surface area contributed by atoms with Crippen molar-refractivity contribution in [2.45, 2.75) is 6.92 Å². The van der Waals surface area contributed by atoms with Crippen LogP contribution in [0.1, 0.15) is 12.5 Å². The zero-order chi connectivity index (χ0) is 13.8. The molecule has 0 bridgehead atoms. The Hall–Kier alpha value is -2.22. The summed E-state index contributed by atoms with van der Waals surface area (Å²) in [7, 11) is 0. The van der Waals surface area contributed by atoms with Crippen molar-refractivity contribution in [3.05, 3.63) is 28.2 Å². The molecule has 7 nitrogen and oxygen atoms in total. The lowest BCUT2D eigenvalue weighted by Gasteiger charge is -1.98. The predicted octanol–water partition coefficient (Wildman–Crippen LogP) is 2.25. The fraction of sp³-hybridized carbons (Fsp3) is 0.0909. The molecule has 2 aromatic rings. The lowest BCUT2D eigenvalue weighted by molar-refractivity contribution is -0.114. The summed E-state index contributed by atoms with van der Waals surface area (Å²) < 4.78 is 5.29. The molecule has 1 amide bonds. The number of carbonyl (C=O) groups excluding carboxylic acids is 1. The van der Waals surface area contributed by atoms with Crippen LogP contribution in [0.2, 0.25) is 0 Å². The summed E-state index contributed by atoms with van der Waals surface area (Å²) in [5, 5.41) is 19.1. The van der Waals surface area contributed by atoms with E-state index in [1.54, 1.807) is 12.1 Å². The molecule has 0 unspecified atom stereocenters. The molecule has 19 heavy (non-hydrogen) atoms. The summed E-state index contributed by atoms with van der Waals surface area (Å²) in [4.78, 5) is 14.9. The van der Waals surface area contributed by atoms with E-state index >= 15 is 0 Å². The summed E-state index contributed by atoms with van der Waals surface area (Å²) >= 11 is 3.29. The molecule has 0 aliphatic carbocycles. The van der Waals surface area contributed by atoms with E-state index in [0.717, 1.165) is 4.47 Å². The van der Waals surface area contributed by atoms with Gasteiger partial charge in [-0.15, -0.1) is 0 Å². The number of amides is 1. The Kier molecular flexibility index (Phi) is 3.91. The molecule has 1 aromatic carbocycles. The average Bonchev–Trinajstić information content (AvgIpc) is 2.77. The van der Waals surface area contributed by atoms with Crippen LogP contribution in [-0.2, 0) is 4.79 Å². The van der Waals surface area contributed by atoms with E-state index in [1.165, 1.54) is 19.2 Å². The molecule has 98 valence electrons. The Bertz CT molecular complexity index is 639. The summed E-state index contributed by atoms with van der Waals surface area (Å²) in [6, 6.07) is 4.92. The van der Waals surface area contributed by atoms with Gasteiger partial charge in [-0.05, 0) is 28.5 Å². The number of carbonyl (C=O) groups is 1. The van der Waals surface area contributed by atoms with Crippen LogP contribution in [-0.4, -0.2) is 27.5 Å². The minimum absolute atomic E-state index is 0.0736. The van der Waals surface area contributed by atoms with Crippen molar-refractivity contribution in [1.82, 2.24) is 10.3 Å². The lowest BCUT2D eigenvalue weighted by atomic mass is 10.2. The number of aliphatic imine (C=N–C) groups is 1. The molecule has 0 fully saturated rings. The van der Waals surface area contributed by atoms with Crippen LogP contribution in [0.3, 0.4) is 0 Å². The number of aromatic hydroxyl groups is 1. The zero-order valence-electron chi connectivity index (χ0n) is 9.79. The molecular formula is C11H9BrN4O3. The summed E-state index contributed by atoms with van der Waals surface area (Å²) in [6.45, 7) is 1.34. The van der Waals surface area contributed by atoms with E-state index in [9.17, 15) is 9.90 Å². The molecule has 2 rings (SSSR count). The van der Waals surface area contributed by atoms with Crippen LogP contribution in [0, 0.1) is 0 Å². The van der Waals surface area contributed by atoms with Gasteiger partial charge in [0.25, 0.3) is 0 Å². The second-order valence-corrected chi connectivity index (χ2v) is 4.49. The van der Waals surface area contributed by atoms with Gasteiger partial charge in [0.05, 0.1) is 0 Å². The number of hydrogen-bond acceptors (Lipinski definition) is 6. The molecule has 0 saturated heterocycles. The number of hydrogen-bond donors (Lipinski definition) is 2. The smallest absolute Gasteiger partial charge is 0.241 e. The number of anilines is 1. The first-order chi connectivity index (χ1) is 9.06. The van der Waals surface area contributed by atoms with E-state index in [0.29, 0.717) is 5.56 Å². The van der Waals surface area contributed by atoms with Crippen molar-refractivity contribution in [3.8, 4) is 5.75 Å². The number of nitrogens with zero attached hydrogens (tertiary/aromatic N) is 3. The Morgan fingerprint density at radius 1 is 1.53 bits per heavy atom. The molecule has 0 saturated carbocycles. The van der Waals surface area contributed by atoms with Crippen LogP contribution in [0.25, 0.3) is 0 Å². The molecular weight excluding hydrogens is 316 g/mol. The maximum Gasteiger partial charge on any atom is 0.241 e. The van der Waals surface area contributed by atoms with Gasteiger partial charge in [0, 0.05) is 23.2 Å². The number of phenolic OH excluding ortho intramolecular Hbond substituents is 1. The standard InChI is InChI=1S/C11H9BrN4O3/c1-6(17)14-11-10(15-19-16-11)13-5-7-4-8(12)2-3-9(7)18/h2-5,18H,1H3,(H,14,16,17). The summed E-state index contributed by atoms with van der Waals surface area (Å²) in [6.07, 6.45) is 1.39. The van der Waals surface area contributed by atoms with Gasteiger partial charge in [-0.1, -0.05) is 15.9 Å². The Morgan fingerprint density at radius 3 is 3.05 bits per heavy atom.